The molecule has 21 heavy (non-hydrogen) atoms. The Balaban J connectivity index is 1.80. The fourth-order valence-electron chi connectivity index (χ4n) is 3.71. The molecule has 3 unspecified atom stereocenters. The maximum atomic E-state index is 6.05. The minimum atomic E-state index is 0.408. The van der Waals surface area contributed by atoms with Crippen LogP contribution >= 0.6 is 0 Å². The number of likely N-dealkylation sites (tertiary alicyclic amines) is 1. The summed E-state index contributed by atoms with van der Waals surface area (Å²) >= 11 is 0. The van der Waals surface area contributed by atoms with Crippen molar-refractivity contribution >= 4 is 0 Å². The topological polar surface area (TPSA) is 24.5 Å². The number of hydrogen-bond donors (Lipinski definition) is 1. The summed E-state index contributed by atoms with van der Waals surface area (Å²) in [5.74, 6) is 1.93. The number of benzene rings is 1. The van der Waals surface area contributed by atoms with Gasteiger partial charge in [-0.15, -0.1) is 0 Å². The summed E-state index contributed by atoms with van der Waals surface area (Å²) in [4.78, 5) is 2.65. The molecule has 3 nitrogen and oxygen atoms in total. The third-order valence-electron chi connectivity index (χ3n) is 5.03. The number of para-hydroxylation sites is 1. The lowest BCUT2D eigenvalue weighted by Gasteiger charge is -2.39. The normalized spacial score (nSPS) is 29.1. The Labute approximate surface area is 128 Å². The molecule has 1 saturated heterocycles. The minimum absolute atomic E-state index is 0.408. The van der Waals surface area contributed by atoms with Crippen LogP contribution < -0.4 is 10.1 Å². The average molecular weight is 288 g/mol. The van der Waals surface area contributed by atoms with Gasteiger partial charge < -0.3 is 10.1 Å². The molecular weight excluding hydrogens is 260 g/mol. The van der Waals surface area contributed by atoms with E-state index in [4.69, 9.17) is 4.74 Å². The zero-order chi connectivity index (χ0) is 14.7. The van der Waals surface area contributed by atoms with Crippen LogP contribution in [0, 0.1) is 5.92 Å². The van der Waals surface area contributed by atoms with E-state index in [-0.39, 0.29) is 0 Å². The Kier molecular flexibility index (Phi) is 4.81. The standard InChI is InChI=1S/C18H28N2O/c1-3-10-19-18-15-7-5-6-8-17(15)21-13-16(18)20-11-9-14(4-2)12-20/h5-8,14,16,18-19H,3-4,9-13H2,1-2H3. The third kappa shape index (κ3) is 3.09. The summed E-state index contributed by atoms with van der Waals surface area (Å²) in [5.41, 5.74) is 1.34. The van der Waals surface area contributed by atoms with E-state index < -0.39 is 0 Å². The number of hydrogen-bond acceptors (Lipinski definition) is 3. The van der Waals surface area contributed by atoms with Gasteiger partial charge in [0.15, 0.2) is 0 Å². The second kappa shape index (κ2) is 6.80. The van der Waals surface area contributed by atoms with Gasteiger partial charge in [-0.1, -0.05) is 38.5 Å². The number of fused-ring (bicyclic) bond motifs is 1. The van der Waals surface area contributed by atoms with E-state index in [2.05, 4.69) is 48.3 Å². The molecule has 0 aliphatic carbocycles. The summed E-state index contributed by atoms with van der Waals surface area (Å²) in [6.45, 7) is 8.88. The lowest BCUT2D eigenvalue weighted by molar-refractivity contribution is 0.101. The molecule has 1 aromatic rings. The number of nitrogens with zero attached hydrogens (tertiary/aromatic N) is 1. The van der Waals surface area contributed by atoms with E-state index in [9.17, 15) is 0 Å². The van der Waals surface area contributed by atoms with Gasteiger partial charge in [0.05, 0.1) is 12.1 Å². The van der Waals surface area contributed by atoms with Crippen LogP contribution in [0.25, 0.3) is 0 Å². The van der Waals surface area contributed by atoms with Crippen LogP contribution in [0.2, 0.25) is 0 Å². The van der Waals surface area contributed by atoms with Gasteiger partial charge in [0.2, 0.25) is 0 Å². The van der Waals surface area contributed by atoms with Crippen molar-refractivity contribution in [1.82, 2.24) is 10.2 Å². The second-order valence-electron chi connectivity index (χ2n) is 6.41. The molecule has 2 aliphatic heterocycles. The molecule has 3 heteroatoms. The van der Waals surface area contributed by atoms with E-state index in [1.807, 2.05) is 0 Å². The van der Waals surface area contributed by atoms with Crippen LogP contribution in [0.5, 0.6) is 5.75 Å². The highest BCUT2D eigenvalue weighted by molar-refractivity contribution is 5.38. The molecule has 116 valence electrons. The molecule has 1 N–H and O–H groups in total. The summed E-state index contributed by atoms with van der Waals surface area (Å²) in [5, 5.41) is 3.77. The lowest BCUT2D eigenvalue weighted by Crippen LogP contribution is -2.49. The molecule has 0 spiro atoms. The molecule has 3 atom stereocenters. The number of rotatable bonds is 5. The monoisotopic (exact) mass is 288 g/mol. The Bertz CT molecular complexity index is 462. The molecule has 0 bridgehead atoms. The molecule has 0 saturated carbocycles. The van der Waals surface area contributed by atoms with Crippen LogP contribution in [-0.2, 0) is 0 Å². The predicted octanol–water partition coefficient (Wildman–Crippen LogP) is 3.22. The first-order valence-electron chi connectivity index (χ1n) is 8.52. The van der Waals surface area contributed by atoms with Crippen molar-refractivity contribution in [2.45, 2.75) is 45.2 Å². The SMILES string of the molecule is CCCNC1c2ccccc2OCC1N1CCC(CC)C1. The zero-order valence-electron chi connectivity index (χ0n) is 13.3. The Morgan fingerprint density at radius 2 is 2.14 bits per heavy atom. The van der Waals surface area contributed by atoms with E-state index in [1.54, 1.807) is 0 Å². The first-order valence-corrected chi connectivity index (χ1v) is 8.52. The Morgan fingerprint density at radius 3 is 2.90 bits per heavy atom. The first-order chi connectivity index (χ1) is 10.3. The predicted molar refractivity (Wildman–Crippen MR) is 86.7 cm³/mol. The fourth-order valence-corrected chi connectivity index (χ4v) is 3.71. The van der Waals surface area contributed by atoms with Crippen molar-refractivity contribution in [2.75, 3.05) is 26.2 Å². The van der Waals surface area contributed by atoms with Crippen molar-refractivity contribution in [3.63, 3.8) is 0 Å². The van der Waals surface area contributed by atoms with Gasteiger partial charge in [0.25, 0.3) is 0 Å². The molecular formula is C18H28N2O. The summed E-state index contributed by atoms with van der Waals surface area (Å²) in [6.07, 6.45) is 3.81. The van der Waals surface area contributed by atoms with Crippen LogP contribution in [0.3, 0.4) is 0 Å². The van der Waals surface area contributed by atoms with E-state index in [1.165, 1.54) is 37.9 Å². The summed E-state index contributed by atoms with van der Waals surface area (Å²) < 4.78 is 6.05. The first kappa shape index (κ1) is 14.9. The van der Waals surface area contributed by atoms with Crippen LogP contribution in [-0.4, -0.2) is 37.2 Å². The van der Waals surface area contributed by atoms with Gasteiger partial charge in [-0.2, -0.15) is 0 Å². The zero-order valence-corrected chi connectivity index (χ0v) is 13.3. The highest BCUT2D eigenvalue weighted by Crippen LogP contribution is 2.36. The highest BCUT2D eigenvalue weighted by Gasteiger charge is 2.37. The Morgan fingerprint density at radius 1 is 1.29 bits per heavy atom. The van der Waals surface area contributed by atoms with E-state index >= 15 is 0 Å². The summed E-state index contributed by atoms with van der Waals surface area (Å²) in [7, 11) is 0. The van der Waals surface area contributed by atoms with Crippen molar-refractivity contribution < 1.29 is 4.74 Å². The molecule has 0 amide bonds. The van der Waals surface area contributed by atoms with Crippen LogP contribution in [0.1, 0.15) is 44.7 Å². The van der Waals surface area contributed by atoms with Crippen molar-refractivity contribution in [3.05, 3.63) is 29.8 Å². The summed E-state index contributed by atoms with van der Waals surface area (Å²) in [6, 6.07) is 9.41. The molecule has 1 fully saturated rings. The smallest absolute Gasteiger partial charge is 0.124 e. The molecule has 1 aromatic carbocycles. The largest absolute Gasteiger partial charge is 0.492 e. The van der Waals surface area contributed by atoms with Crippen LogP contribution in [0.4, 0.5) is 0 Å². The van der Waals surface area contributed by atoms with Gasteiger partial charge in [0.1, 0.15) is 12.4 Å². The van der Waals surface area contributed by atoms with E-state index in [0.717, 1.165) is 24.8 Å². The third-order valence-corrected chi connectivity index (χ3v) is 5.03. The molecule has 2 heterocycles. The van der Waals surface area contributed by atoms with Crippen molar-refractivity contribution in [2.24, 2.45) is 5.92 Å². The fraction of sp³-hybridized carbons (Fsp3) is 0.667. The van der Waals surface area contributed by atoms with Gasteiger partial charge in [-0.3, -0.25) is 4.90 Å². The molecule has 3 rings (SSSR count). The maximum absolute atomic E-state index is 6.05. The quantitative estimate of drug-likeness (QED) is 0.900. The van der Waals surface area contributed by atoms with Gasteiger partial charge >= 0.3 is 0 Å². The number of ether oxygens (including phenoxy) is 1. The van der Waals surface area contributed by atoms with E-state index in [0.29, 0.717) is 12.1 Å². The highest BCUT2D eigenvalue weighted by atomic mass is 16.5. The molecule has 0 aromatic heterocycles. The molecule has 2 aliphatic rings. The van der Waals surface area contributed by atoms with Gasteiger partial charge in [-0.25, -0.2) is 0 Å². The minimum Gasteiger partial charge on any atom is -0.492 e. The average Bonchev–Trinajstić information content (AvgIpc) is 3.01. The van der Waals surface area contributed by atoms with Gasteiger partial charge in [0, 0.05) is 12.1 Å². The lowest BCUT2D eigenvalue weighted by atomic mass is 9.95. The van der Waals surface area contributed by atoms with Gasteiger partial charge in [-0.05, 0) is 37.9 Å². The molecule has 0 radical (unpaired) electrons. The van der Waals surface area contributed by atoms with Crippen molar-refractivity contribution in [3.8, 4) is 5.75 Å². The van der Waals surface area contributed by atoms with Crippen LogP contribution in [0.15, 0.2) is 24.3 Å². The Hall–Kier alpha value is -1.06. The number of nitrogens with one attached hydrogen (secondary N) is 1. The maximum Gasteiger partial charge on any atom is 0.124 e. The van der Waals surface area contributed by atoms with Crippen molar-refractivity contribution in [1.29, 1.82) is 0 Å². The second-order valence-corrected chi connectivity index (χ2v) is 6.41.